The van der Waals surface area contributed by atoms with Crippen LogP contribution in [0.1, 0.15) is 28.0 Å². The third-order valence-electron chi connectivity index (χ3n) is 2.72. The molecule has 0 saturated carbocycles. The lowest BCUT2D eigenvalue weighted by Crippen LogP contribution is -2.14. The summed E-state index contributed by atoms with van der Waals surface area (Å²) in [6, 6.07) is 3.68. The van der Waals surface area contributed by atoms with Crippen LogP contribution >= 0.6 is 11.5 Å². The molecule has 0 radical (unpaired) electrons. The maximum atomic E-state index is 11.8. The Bertz CT molecular complexity index is 625. The molecule has 2 aromatic rings. The number of aromatic carboxylic acids is 1. The number of aromatic nitrogens is 2. The molecule has 6 nitrogen and oxygen atoms in total. The Balaban J connectivity index is 1.97. The number of rotatable bonds is 5. The highest BCUT2D eigenvalue weighted by atomic mass is 32.1. The Hall–Kier alpha value is -2.28. The smallest absolute Gasteiger partial charge is 0.340 e. The molecule has 20 heavy (non-hydrogen) atoms. The summed E-state index contributed by atoms with van der Waals surface area (Å²) in [5.74, 6) is -1.31. The molecule has 0 aliphatic rings. The fourth-order valence-electron chi connectivity index (χ4n) is 1.70. The SMILES string of the molecule is Cc1nsc(NC(=O)CCc2ccncc2)c1C(=O)O. The molecule has 0 atom stereocenters. The van der Waals surface area contributed by atoms with Crippen molar-refractivity contribution in [2.75, 3.05) is 5.32 Å². The van der Waals surface area contributed by atoms with Gasteiger partial charge in [-0.15, -0.1) is 0 Å². The number of aryl methyl sites for hydroxylation is 2. The van der Waals surface area contributed by atoms with E-state index in [2.05, 4.69) is 14.7 Å². The van der Waals surface area contributed by atoms with Gasteiger partial charge in [-0.25, -0.2) is 4.79 Å². The van der Waals surface area contributed by atoms with Crippen molar-refractivity contribution in [3.8, 4) is 0 Å². The number of carboxylic acids is 1. The van der Waals surface area contributed by atoms with Gasteiger partial charge < -0.3 is 10.4 Å². The van der Waals surface area contributed by atoms with Gasteiger partial charge in [-0.1, -0.05) is 0 Å². The molecule has 0 fully saturated rings. The molecule has 0 spiro atoms. The largest absolute Gasteiger partial charge is 0.478 e. The first-order chi connectivity index (χ1) is 9.58. The van der Waals surface area contributed by atoms with Gasteiger partial charge in [-0.2, -0.15) is 4.37 Å². The normalized spacial score (nSPS) is 10.2. The van der Waals surface area contributed by atoms with E-state index in [1.807, 2.05) is 12.1 Å². The number of amides is 1. The lowest BCUT2D eigenvalue weighted by atomic mass is 10.1. The summed E-state index contributed by atoms with van der Waals surface area (Å²) < 4.78 is 3.95. The average molecular weight is 291 g/mol. The fraction of sp³-hybridized carbons (Fsp3) is 0.231. The molecule has 1 amide bonds. The van der Waals surface area contributed by atoms with Crippen LogP contribution in [0.3, 0.4) is 0 Å². The highest BCUT2D eigenvalue weighted by Crippen LogP contribution is 2.24. The van der Waals surface area contributed by atoms with Crippen molar-refractivity contribution in [1.29, 1.82) is 0 Å². The summed E-state index contributed by atoms with van der Waals surface area (Å²) in [5, 5.41) is 12.0. The summed E-state index contributed by atoms with van der Waals surface area (Å²) in [6.45, 7) is 1.60. The molecule has 0 unspecified atom stereocenters. The minimum atomic E-state index is -1.08. The predicted octanol–water partition coefficient (Wildman–Crippen LogP) is 2.12. The third kappa shape index (κ3) is 3.39. The molecule has 104 valence electrons. The zero-order valence-electron chi connectivity index (χ0n) is 10.8. The number of carbonyl (C=O) groups is 2. The maximum absolute atomic E-state index is 11.8. The van der Waals surface area contributed by atoms with Crippen molar-refractivity contribution in [2.45, 2.75) is 19.8 Å². The van der Waals surface area contributed by atoms with Crippen LogP contribution in [0.5, 0.6) is 0 Å². The van der Waals surface area contributed by atoms with Crippen LogP contribution in [-0.4, -0.2) is 26.3 Å². The van der Waals surface area contributed by atoms with E-state index in [9.17, 15) is 9.59 Å². The molecule has 0 bridgehead atoms. The topological polar surface area (TPSA) is 92.2 Å². The Morgan fingerprint density at radius 3 is 2.70 bits per heavy atom. The van der Waals surface area contributed by atoms with Crippen molar-refractivity contribution < 1.29 is 14.7 Å². The monoisotopic (exact) mass is 291 g/mol. The minimum absolute atomic E-state index is 0.0623. The Morgan fingerprint density at radius 2 is 2.05 bits per heavy atom. The zero-order valence-corrected chi connectivity index (χ0v) is 11.6. The molecular weight excluding hydrogens is 278 g/mol. The second-order valence-corrected chi connectivity index (χ2v) is 4.95. The lowest BCUT2D eigenvalue weighted by molar-refractivity contribution is -0.116. The van der Waals surface area contributed by atoms with Gasteiger partial charge in [0, 0.05) is 18.8 Å². The second kappa shape index (κ2) is 6.25. The number of nitrogens with one attached hydrogen (secondary N) is 1. The van der Waals surface area contributed by atoms with Crippen molar-refractivity contribution >= 4 is 28.4 Å². The van der Waals surface area contributed by atoms with Gasteiger partial charge in [-0.05, 0) is 42.6 Å². The minimum Gasteiger partial charge on any atom is -0.478 e. The van der Waals surface area contributed by atoms with Crippen molar-refractivity contribution in [1.82, 2.24) is 9.36 Å². The Labute approximate surface area is 119 Å². The zero-order chi connectivity index (χ0) is 14.5. The predicted molar refractivity (Wildman–Crippen MR) is 75.0 cm³/mol. The summed E-state index contributed by atoms with van der Waals surface area (Å²) >= 11 is 0.982. The van der Waals surface area contributed by atoms with Crippen molar-refractivity contribution in [2.24, 2.45) is 0 Å². The van der Waals surface area contributed by atoms with E-state index < -0.39 is 5.97 Å². The quantitative estimate of drug-likeness (QED) is 0.880. The number of nitrogens with zero attached hydrogens (tertiary/aromatic N) is 2. The van der Waals surface area contributed by atoms with Gasteiger partial charge in [0.2, 0.25) is 5.91 Å². The number of pyridine rings is 1. The lowest BCUT2D eigenvalue weighted by Gasteiger charge is -2.04. The van der Waals surface area contributed by atoms with E-state index in [4.69, 9.17) is 5.11 Å². The molecule has 0 saturated heterocycles. The number of anilines is 1. The molecular formula is C13H13N3O3S. The van der Waals surface area contributed by atoms with Gasteiger partial charge in [0.1, 0.15) is 10.6 Å². The Kier molecular flexibility index (Phi) is 4.41. The van der Waals surface area contributed by atoms with Crippen LogP contribution in [0.15, 0.2) is 24.5 Å². The standard InChI is InChI=1S/C13H13N3O3S/c1-8-11(13(18)19)12(20-16-8)15-10(17)3-2-9-4-6-14-7-5-9/h4-7H,2-3H2,1H3,(H,15,17)(H,18,19). The second-order valence-electron chi connectivity index (χ2n) is 4.18. The molecule has 0 aliphatic carbocycles. The molecule has 0 aliphatic heterocycles. The summed E-state index contributed by atoms with van der Waals surface area (Å²) in [4.78, 5) is 26.8. The molecule has 2 aromatic heterocycles. The summed E-state index contributed by atoms with van der Waals surface area (Å²) in [5.41, 5.74) is 1.48. The fourth-order valence-corrected chi connectivity index (χ4v) is 2.51. The highest BCUT2D eigenvalue weighted by molar-refractivity contribution is 7.11. The van der Waals surface area contributed by atoms with E-state index in [1.165, 1.54) is 0 Å². The van der Waals surface area contributed by atoms with E-state index >= 15 is 0 Å². The van der Waals surface area contributed by atoms with Gasteiger partial charge in [-0.3, -0.25) is 9.78 Å². The van der Waals surface area contributed by atoms with Crippen LogP contribution in [0.4, 0.5) is 5.00 Å². The van der Waals surface area contributed by atoms with E-state index in [0.29, 0.717) is 12.1 Å². The molecule has 2 heterocycles. The first-order valence-electron chi connectivity index (χ1n) is 5.96. The van der Waals surface area contributed by atoms with Crippen LogP contribution in [-0.2, 0) is 11.2 Å². The first-order valence-corrected chi connectivity index (χ1v) is 6.73. The first kappa shape index (κ1) is 14.1. The molecule has 0 aromatic carbocycles. The molecule has 2 N–H and O–H groups in total. The number of carbonyl (C=O) groups excluding carboxylic acids is 1. The van der Waals surface area contributed by atoms with Gasteiger partial charge in [0.25, 0.3) is 0 Å². The van der Waals surface area contributed by atoms with Crippen molar-refractivity contribution in [3.05, 3.63) is 41.3 Å². The van der Waals surface area contributed by atoms with E-state index in [-0.39, 0.29) is 22.9 Å². The number of hydrogen-bond donors (Lipinski definition) is 2. The molecule has 2 rings (SSSR count). The summed E-state index contributed by atoms with van der Waals surface area (Å²) in [7, 11) is 0. The van der Waals surface area contributed by atoms with Crippen LogP contribution < -0.4 is 5.32 Å². The number of carboxylic acid groups (broad SMARTS) is 1. The van der Waals surface area contributed by atoms with Crippen molar-refractivity contribution in [3.63, 3.8) is 0 Å². The van der Waals surface area contributed by atoms with E-state index in [1.54, 1.807) is 19.3 Å². The van der Waals surface area contributed by atoms with Crippen LogP contribution in [0.25, 0.3) is 0 Å². The van der Waals surface area contributed by atoms with Gasteiger partial charge in [0.05, 0.1) is 5.69 Å². The maximum Gasteiger partial charge on any atom is 0.340 e. The van der Waals surface area contributed by atoms with E-state index in [0.717, 1.165) is 17.1 Å². The Morgan fingerprint density at radius 1 is 1.35 bits per heavy atom. The van der Waals surface area contributed by atoms with Gasteiger partial charge >= 0.3 is 5.97 Å². The number of hydrogen-bond acceptors (Lipinski definition) is 5. The van der Waals surface area contributed by atoms with Crippen LogP contribution in [0, 0.1) is 6.92 Å². The van der Waals surface area contributed by atoms with Gasteiger partial charge in [0.15, 0.2) is 0 Å². The average Bonchev–Trinajstić information content (AvgIpc) is 2.78. The third-order valence-corrected chi connectivity index (χ3v) is 3.57. The molecule has 7 heteroatoms. The highest BCUT2D eigenvalue weighted by Gasteiger charge is 2.18. The summed E-state index contributed by atoms with van der Waals surface area (Å²) in [6.07, 6.45) is 4.19. The van der Waals surface area contributed by atoms with Crippen LogP contribution in [0.2, 0.25) is 0 Å².